The number of aryl methyl sites for hydroxylation is 1. The second kappa shape index (κ2) is 6.72. The normalized spacial score (nSPS) is 11.4. The van der Waals surface area contributed by atoms with Crippen molar-refractivity contribution >= 4 is 5.91 Å². The summed E-state index contributed by atoms with van der Waals surface area (Å²) in [7, 11) is 0. The number of rotatable bonds is 6. The lowest BCUT2D eigenvalue weighted by molar-refractivity contribution is 0.0950. The van der Waals surface area contributed by atoms with Crippen molar-refractivity contribution in [3.05, 3.63) is 29.1 Å². The van der Waals surface area contributed by atoms with Crippen molar-refractivity contribution in [3.8, 4) is 0 Å². The van der Waals surface area contributed by atoms with E-state index in [1.165, 1.54) is 0 Å². The van der Waals surface area contributed by atoms with Crippen LogP contribution in [0.5, 0.6) is 0 Å². The Morgan fingerprint density at radius 2 is 2.05 bits per heavy atom. The van der Waals surface area contributed by atoms with Crippen LogP contribution in [0.2, 0.25) is 0 Å². The molecular weight excluding hydrogens is 280 g/mol. The molecule has 0 aliphatic carbocycles. The highest BCUT2D eigenvalue weighted by Gasteiger charge is 2.19. The SMILES string of the molecule is Cc1[nH]nc(C(C)C)c1C(=O)NCCn1cnnc1C(C)C. The van der Waals surface area contributed by atoms with Gasteiger partial charge < -0.3 is 9.88 Å². The van der Waals surface area contributed by atoms with Crippen LogP contribution in [0.4, 0.5) is 0 Å². The number of carbonyl (C=O) groups excluding carboxylic acids is 1. The first-order valence-electron chi connectivity index (χ1n) is 7.62. The van der Waals surface area contributed by atoms with Crippen molar-refractivity contribution < 1.29 is 4.79 Å². The lowest BCUT2D eigenvalue weighted by Crippen LogP contribution is -2.28. The van der Waals surface area contributed by atoms with Gasteiger partial charge in [-0.25, -0.2) is 0 Å². The van der Waals surface area contributed by atoms with Gasteiger partial charge in [0.25, 0.3) is 5.91 Å². The van der Waals surface area contributed by atoms with E-state index in [2.05, 4.69) is 39.6 Å². The van der Waals surface area contributed by atoms with Crippen molar-refractivity contribution in [2.45, 2.75) is 53.0 Å². The third-order valence-electron chi connectivity index (χ3n) is 3.55. The first-order valence-corrected chi connectivity index (χ1v) is 7.62. The number of carbonyl (C=O) groups is 1. The molecule has 2 N–H and O–H groups in total. The van der Waals surface area contributed by atoms with Crippen molar-refractivity contribution in [2.24, 2.45) is 0 Å². The van der Waals surface area contributed by atoms with E-state index in [9.17, 15) is 4.79 Å². The van der Waals surface area contributed by atoms with E-state index in [1.54, 1.807) is 6.33 Å². The predicted octanol–water partition coefficient (Wildman–Crippen LogP) is 1.99. The number of H-pyrrole nitrogens is 1. The standard InChI is InChI=1S/C15H24N6O/c1-9(2)13-12(11(5)18-19-13)15(22)16-6-7-21-8-17-20-14(21)10(3)4/h8-10H,6-7H2,1-5H3,(H,16,22)(H,18,19). The highest BCUT2D eigenvalue weighted by atomic mass is 16.1. The quantitative estimate of drug-likeness (QED) is 0.854. The molecule has 0 aliphatic heterocycles. The number of amides is 1. The van der Waals surface area contributed by atoms with Crippen molar-refractivity contribution in [3.63, 3.8) is 0 Å². The molecule has 22 heavy (non-hydrogen) atoms. The Hall–Kier alpha value is -2.18. The molecule has 0 fully saturated rings. The summed E-state index contributed by atoms with van der Waals surface area (Å²) in [6, 6.07) is 0. The van der Waals surface area contributed by atoms with Gasteiger partial charge in [0.2, 0.25) is 0 Å². The summed E-state index contributed by atoms with van der Waals surface area (Å²) in [5.41, 5.74) is 2.26. The second-order valence-electron chi connectivity index (χ2n) is 6.06. The molecule has 0 saturated carbocycles. The summed E-state index contributed by atoms with van der Waals surface area (Å²) in [5.74, 6) is 1.35. The maximum atomic E-state index is 12.4. The zero-order chi connectivity index (χ0) is 16.3. The Morgan fingerprint density at radius 3 is 2.68 bits per heavy atom. The molecule has 0 bridgehead atoms. The van der Waals surface area contributed by atoms with Crippen molar-refractivity contribution in [2.75, 3.05) is 6.54 Å². The molecule has 2 aromatic heterocycles. The van der Waals surface area contributed by atoms with Gasteiger partial charge in [-0.15, -0.1) is 10.2 Å². The molecule has 0 radical (unpaired) electrons. The average Bonchev–Trinajstić information content (AvgIpc) is 3.04. The topological polar surface area (TPSA) is 88.5 Å². The molecular formula is C15H24N6O. The zero-order valence-electron chi connectivity index (χ0n) is 13.8. The minimum absolute atomic E-state index is 0.0888. The molecule has 0 spiro atoms. The van der Waals surface area contributed by atoms with Crippen LogP contribution in [-0.2, 0) is 6.54 Å². The van der Waals surface area contributed by atoms with Crippen LogP contribution in [0.3, 0.4) is 0 Å². The zero-order valence-corrected chi connectivity index (χ0v) is 13.8. The van der Waals surface area contributed by atoms with Gasteiger partial charge in [-0.05, 0) is 12.8 Å². The van der Waals surface area contributed by atoms with Crippen LogP contribution in [0, 0.1) is 6.92 Å². The van der Waals surface area contributed by atoms with E-state index in [0.717, 1.165) is 17.2 Å². The van der Waals surface area contributed by atoms with Gasteiger partial charge >= 0.3 is 0 Å². The molecule has 1 amide bonds. The molecule has 7 nitrogen and oxygen atoms in total. The minimum atomic E-state index is -0.0888. The van der Waals surface area contributed by atoms with E-state index in [0.29, 0.717) is 24.6 Å². The molecule has 0 aliphatic rings. The molecule has 2 heterocycles. The van der Waals surface area contributed by atoms with Crippen LogP contribution in [0.25, 0.3) is 0 Å². The van der Waals surface area contributed by atoms with Crippen molar-refractivity contribution in [1.82, 2.24) is 30.3 Å². The number of aromatic amines is 1. The Kier molecular flexibility index (Phi) is 4.95. The van der Waals surface area contributed by atoms with E-state index in [4.69, 9.17) is 0 Å². The van der Waals surface area contributed by atoms with E-state index < -0.39 is 0 Å². The molecule has 2 aromatic rings. The van der Waals surface area contributed by atoms with Crippen molar-refractivity contribution in [1.29, 1.82) is 0 Å². The summed E-state index contributed by atoms with van der Waals surface area (Å²) in [5, 5.41) is 18.1. The maximum absolute atomic E-state index is 12.4. The Labute approximate surface area is 130 Å². The van der Waals surface area contributed by atoms with E-state index in [-0.39, 0.29) is 11.8 Å². The third-order valence-corrected chi connectivity index (χ3v) is 3.55. The second-order valence-corrected chi connectivity index (χ2v) is 6.06. The van der Waals surface area contributed by atoms with Gasteiger partial charge in [0, 0.05) is 24.7 Å². The van der Waals surface area contributed by atoms with Crippen LogP contribution < -0.4 is 5.32 Å². The van der Waals surface area contributed by atoms with Gasteiger partial charge in [-0.1, -0.05) is 27.7 Å². The lowest BCUT2D eigenvalue weighted by atomic mass is 10.0. The Bertz CT molecular complexity index is 640. The predicted molar refractivity (Wildman–Crippen MR) is 83.9 cm³/mol. The van der Waals surface area contributed by atoms with Gasteiger partial charge in [-0.2, -0.15) is 5.10 Å². The van der Waals surface area contributed by atoms with E-state index in [1.807, 2.05) is 25.3 Å². The molecule has 7 heteroatoms. The Balaban J connectivity index is 1.99. The summed E-state index contributed by atoms with van der Waals surface area (Å²) >= 11 is 0. The summed E-state index contributed by atoms with van der Waals surface area (Å²) in [4.78, 5) is 12.4. The van der Waals surface area contributed by atoms with Crippen LogP contribution in [0.1, 0.15) is 67.1 Å². The fourth-order valence-corrected chi connectivity index (χ4v) is 2.41. The maximum Gasteiger partial charge on any atom is 0.255 e. The molecule has 0 aromatic carbocycles. The van der Waals surface area contributed by atoms with Crippen LogP contribution in [-0.4, -0.2) is 37.4 Å². The lowest BCUT2D eigenvalue weighted by Gasteiger charge is -2.11. The van der Waals surface area contributed by atoms with Gasteiger partial charge in [-0.3, -0.25) is 9.89 Å². The highest BCUT2D eigenvalue weighted by molar-refractivity contribution is 5.96. The summed E-state index contributed by atoms with van der Waals surface area (Å²) in [6.07, 6.45) is 1.70. The first-order chi connectivity index (χ1) is 10.4. The van der Waals surface area contributed by atoms with Crippen LogP contribution >= 0.6 is 0 Å². The summed E-state index contributed by atoms with van der Waals surface area (Å²) < 4.78 is 1.97. The van der Waals surface area contributed by atoms with E-state index >= 15 is 0 Å². The fourth-order valence-electron chi connectivity index (χ4n) is 2.41. The van der Waals surface area contributed by atoms with Gasteiger partial charge in [0.05, 0.1) is 11.3 Å². The number of aromatic nitrogens is 5. The smallest absolute Gasteiger partial charge is 0.255 e. The number of hydrogen-bond acceptors (Lipinski definition) is 4. The molecule has 0 atom stereocenters. The highest BCUT2D eigenvalue weighted by Crippen LogP contribution is 2.19. The number of nitrogens with one attached hydrogen (secondary N) is 2. The van der Waals surface area contributed by atoms with Gasteiger partial charge in [0.1, 0.15) is 12.2 Å². The largest absolute Gasteiger partial charge is 0.350 e. The number of nitrogens with zero attached hydrogens (tertiary/aromatic N) is 4. The minimum Gasteiger partial charge on any atom is -0.350 e. The summed E-state index contributed by atoms with van der Waals surface area (Å²) in [6.45, 7) is 11.2. The molecule has 2 rings (SSSR count). The molecule has 0 unspecified atom stereocenters. The van der Waals surface area contributed by atoms with Gasteiger partial charge in [0.15, 0.2) is 0 Å². The van der Waals surface area contributed by atoms with Crippen LogP contribution in [0.15, 0.2) is 6.33 Å². The first kappa shape index (κ1) is 16.2. The molecule has 120 valence electrons. The average molecular weight is 304 g/mol. The number of hydrogen-bond donors (Lipinski definition) is 2. The Morgan fingerprint density at radius 1 is 1.32 bits per heavy atom. The molecule has 0 saturated heterocycles. The monoisotopic (exact) mass is 304 g/mol. The third kappa shape index (κ3) is 3.35. The fraction of sp³-hybridized carbons (Fsp3) is 0.600.